The number of aryl methyl sites for hydroxylation is 1. The van der Waals surface area contributed by atoms with Crippen LogP contribution in [0, 0.1) is 29.9 Å². The number of nitrogens with one attached hydrogen (secondary N) is 1. The van der Waals surface area contributed by atoms with Crippen LogP contribution in [0.4, 0.5) is 5.69 Å². The molecule has 6 nitrogen and oxygen atoms in total. The van der Waals surface area contributed by atoms with Gasteiger partial charge < -0.3 is 10.4 Å². The van der Waals surface area contributed by atoms with E-state index in [0.717, 1.165) is 12.8 Å². The van der Waals surface area contributed by atoms with E-state index in [1.165, 1.54) is 6.20 Å². The third kappa shape index (κ3) is 4.47. The van der Waals surface area contributed by atoms with Crippen molar-refractivity contribution in [2.75, 3.05) is 6.54 Å². The molecular weight excluding hydrogens is 270 g/mol. The van der Waals surface area contributed by atoms with Gasteiger partial charge >= 0.3 is 0 Å². The van der Waals surface area contributed by atoms with Crippen molar-refractivity contribution in [2.24, 2.45) is 5.92 Å². The van der Waals surface area contributed by atoms with Gasteiger partial charge in [0.05, 0.1) is 16.7 Å². The lowest BCUT2D eigenvalue weighted by atomic mass is 9.96. The number of pyridine rings is 1. The molecule has 0 aliphatic heterocycles. The summed E-state index contributed by atoms with van der Waals surface area (Å²) < 4.78 is 0. The predicted octanol–water partition coefficient (Wildman–Crippen LogP) is 2.49. The Bertz CT molecular complexity index is 487. The lowest BCUT2D eigenvalue weighted by Gasteiger charge is -2.20. The maximum Gasteiger partial charge on any atom is 0.278 e. The highest BCUT2D eigenvalue weighted by Gasteiger charge is 2.19. The summed E-state index contributed by atoms with van der Waals surface area (Å²) in [6.45, 7) is 8.41. The molecule has 0 spiro atoms. The molecule has 1 rings (SSSR count). The molecule has 1 unspecified atom stereocenters. The first-order valence-corrected chi connectivity index (χ1v) is 7.40. The summed E-state index contributed by atoms with van der Waals surface area (Å²) in [5, 5.41) is 24.3. The molecule has 0 aliphatic carbocycles. The summed E-state index contributed by atoms with van der Waals surface area (Å²) in [7, 11) is 0. The summed E-state index contributed by atoms with van der Waals surface area (Å²) >= 11 is 0. The highest BCUT2D eigenvalue weighted by atomic mass is 16.6. The Morgan fingerprint density at radius 2 is 2.00 bits per heavy atom. The van der Waals surface area contributed by atoms with Crippen molar-refractivity contribution in [3.05, 3.63) is 33.1 Å². The molecule has 0 amide bonds. The number of aliphatic hydroxyl groups excluding tert-OH is 1. The van der Waals surface area contributed by atoms with Gasteiger partial charge in [-0.2, -0.15) is 0 Å². The molecule has 0 fully saturated rings. The minimum Gasteiger partial charge on any atom is -0.392 e. The largest absolute Gasteiger partial charge is 0.392 e. The summed E-state index contributed by atoms with van der Waals surface area (Å²) in [5.41, 5.74) is 1.94. The van der Waals surface area contributed by atoms with Gasteiger partial charge in [-0.3, -0.25) is 15.1 Å². The topological polar surface area (TPSA) is 88.3 Å². The number of aliphatic hydroxyl groups is 1. The lowest BCUT2D eigenvalue weighted by Crippen LogP contribution is -2.32. The number of rotatable bonds is 8. The quantitative estimate of drug-likeness (QED) is 0.568. The Labute approximate surface area is 125 Å². The van der Waals surface area contributed by atoms with Crippen molar-refractivity contribution in [1.29, 1.82) is 0 Å². The first kappa shape index (κ1) is 17.5. The summed E-state index contributed by atoms with van der Waals surface area (Å²) in [6, 6.07) is 0. The molecule has 0 radical (unpaired) electrons. The van der Waals surface area contributed by atoms with Gasteiger partial charge in [-0.1, -0.05) is 26.7 Å². The van der Waals surface area contributed by atoms with Gasteiger partial charge in [0.25, 0.3) is 5.69 Å². The second-order valence-corrected chi connectivity index (χ2v) is 5.39. The number of aromatic nitrogens is 1. The van der Waals surface area contributed by atoms with Crippen LogP contribution in [0.3, 0.4) is 0 Å². The molecule has 0 aliphatic rings. The monoisotopic (exact) mass is 295 g/mol. The highest BCUT2D eigenvalue weighted by Crippen LogP contribution is 2.23. The minimum atomic E-state index is -0.402. The molecule has 6 heteroatoms. The molecule has 2 N–H and O–H groups in total. The van der Waals surface area contributed by atoms with Crippen LogP contribution in [0.15, 0.2) is 6.20 Å². The zero-order valence-electron chi connectivity index (χ0n) is 13.2. The van der Waals surface area contributed by atoms with Gasteiger partial charge in [0.2, 0.25) is 0 Å². The average Bonchev–Trinajstić information content (AvgIpc) is 2.42. The molecular formula is C15H25N3O3. The van der Waals surface area contributed by atoms with Crippen LogP contribution >= 0.6 is 0 Å². The van der Waals surface area contributed by atoms with Crippen LogP contribution in [0.5, 0.6) is 0 Å². The van der Waals surface area contributed by atoms with Crippen LogP contribution in [0.25, 0.3) is 0 Å². The summed E-state index contributed by atoms with van der Waals surface area (Å²) in [6.07, 6.45) is 3.00. The van der Waals surface area contributed by atoms with Crippen molar-refractivity contribution >= 4 is 5.69 Å². The van der Waals surface area contributed by atoms with E-state index < -0.39 is 6.10 Å². The van der Waals surface area contributed by atoms with Crippen molar-refractivity contribution < 1.29 is 10.0 Å². The van der Waals surface area contributed by atoms with Crippen LogP contribution < -0.4 is 5.32 Å². The van der Waals surface area contributed by atoms with Crippen molar-refractivity contribution in [3.63, 3.8) is 0 Å². The van der Waals surface area contributed by atoms with E-state index in [0.29, 0.717) is 29.9 Å². The van der Waals surface area contributed by atoms with Gasteiger partial charge in [-0.05, 0) is 19.8 Å². The Hall–Kier alpha value is -1.53. The molecule has 1 aromatic heterocycles. The molecule has 1 aromatic rings. The van der Waals surface area contributed by atoms with E-state index in [9.17, 15) is 15.2 Å². The van der Waals surface area contributed by atoms with Crippen LogP contribution in [-0.4, -0.2) is 27.7 Å². The normalized spacial score (nSPS) is 12.7. The van der Waals surface area contributed by atoms with Crippen molar-refractivity contribution in [1.82, 2.24) is 10.3 Å². The molecule has 21 heavy (non-hydrogen) atoms. The standard InChI is InChI=1S/C15H25N3O3/c1-5-12(6-2)14(19)9-16-8-13-11(4)15(18(20)21)10(3)7-17-13/h7,12,14,16,19H,5-6,8-9H2,1-4H3. The maximum atomic E-state index is 11.1. The fraction of sp³-hybridized carbons (Fsp3) is 0.667. The lowest BCUT2D eigenvalue weighted by molar-refractivity contribution is -0.386. The SMILES string of the molecule is CCC(CC)C(O)CNCc1ncc(C)c([N+](=O)[O-])c1C. The molecule has 0 saturated carbocycles. The number of hydrogen-bond acceptors (Lipinski definition) is 5. The number of nitro groups is 1. The van der Waals surface area contributed by atoms with E-state index >= 15 is 0 Å². The van der Waals surface area contributed by atoms with E-state index in [1.54, 1.807) is 13.8 Å². The Morgan fingerprint density at radius 3 is 2.52 bits per heavy atom. The van der Waals surface area contributed by atoms with Gasteiger partial charge in [0.15, 0.2) is 0 Å². The van der Waals surface area contributed by atoms with Crippen molar-refractivity contribution in [2.45, 2.75) is 53.2 Å². The number of nitrogens with zero attached hydrogens (tertiary/aromatic N) is 2. The molecule has 118 valence electrons. The molecule has 1 atom stereocenters. The maximum absolute atomic E-state index is 11.1. The minimum absolute atomic E-state index is 0.127. The third-order valence-corrected chi connectivity index (χ3v) is 4.00. The van der Waals surface area contributed by atoms with Gasteiger partial charge in [-0.15, -0.1) is 0 Å². The second kappa shape index (κ2) is 8.05. The summed E-state index contributed by atoms with van der Waals surface area (Å²) in [5.74, 6) is 0.277. The van der Waals surface area contributed by atoms with E-state index in [1.807, 2.05) is 0 Å². The van der Waals surface area contributed by atoms with Crippen LogP contribution in [-0.2, 0) is 6.54 Å². The van der Waals surface area contributed by atoms with Gasteiger partial charge in [0, 0.05) is 30.4 Å². The first-order valence-electron chi connectivity index (χ1n) is 7.40. The van der Waals surface area contributed by atoms with Gasteiger partial charge in [-0.25, -0.2) is 0 Å². The zero-order chi connectivity index (χ0) is 16.0. The van der Waals surface area contributed by atoms with E-state index in [-0.39, 0.29) is 16.5 Å². The molecule has 0 bridgehead atoms. The second-order valence-electron chi connectivity index (χ2n) is 5.39. The van der Waals surface area contributed by atoms with Crippen LogP contribution in [0.1, 0.15) is 43.5 Å². The molecule has 0 aromatic carbocycles. The average molecular weight is 295 g/mol. The molecule has 0 saturated heterocycles. The fourth-order valence-electron chi connectivity index (χ4n) is 2.56. The van der Waals surface area contributed by atoms with E-state index in [4.69, 9.17) is 0 Å². The van der Waals surface area contributed by atoms with Gasteiger partial charge in [0.1, 0.15) is 0 Å². The van der Waals surface area contributed by atoms with Crippen molar-refractivity contribution in [3.8, 4) is 0 Å². The third-order valence-electron chi connectivity index (χ3n) is 4.00. The predicted molar refractivity (Wildman–Crippen MR) is 82.2 cm³/mol. The Balaban J connectivity index is 2.69. The van der Waals surface area contributed by atoms with E-state index in [2.05, 4.69) is 24.1 Å². The molecule has 1 heterocycles. The Kier molecular flexibility index (Phi) is 6.71. The van der Waals surface area contributed by atoms with Crippen LogP contribution in [0.2, 0.25) is 0 Å². The summed E-state index contributed by atoms with van der Waals surface area (Å²) in [4.78, 5) is 14.9. The zero-order valence-corrected chi connectivity index (χ0v) is 13.2. The Morgan fingerprint density at radius 1 is 1.38 bits per heavy atom. The smallest absolute Gasteiger partial charge is 0.278 e. The highest BCUT2D eigenvalue weighted by molar-refractivity contribution is 5.47. The fourth-order valence-corrected chi connectivity index (χ4v) is 2.56. The number of hydrogen-bond donors (Lipinski definition) is 2. The first-order chi connectivity index (χ1) is 9.92.